The Morgan fingerprint density at radius 2 is 2.10 bits per heavy atom. The molecule has 0 amide bonds. The zero-order chi connectivity index (χ0) is 14.1. The minimum Gasteiger partial charge on any atom is -0.439 e. The Labute approximate surface area is 113 Å². The highest BCUT2D eigenvalue weighted by molar-refractivity contribution is 5.80. The van der Waals surface area contributed by atoms with E-state index in [1.807, 2.05) is 19.2 Å². The summed E-state index contributed by atoms with van der Waals surface area (Å²) in [7, 11) is 1.86. The van der Waals surface area contributed by atoms with Crippen molar-refractivity contribution in [2.24, 2.45) is 7.05 Å². The van der Waals surface area contributed by atoms with Crippen LogP contribution < -0.4 is 4.74 Å². The molecule has 2 aromatic heterocycles. The van der Waals surface area contributed by atoms with Crippen molar-refractivity contribution >= 4 is 16.6 Å². The van der Waals surface area contributed by atoms with Crippen molar-refractivity contribution in [2.75, 3.05) is 0 Å². The van der Waals surface area contributed by atoms with Gasteiger partial charge < -0.3 is 4.74 Å². The van der Waals surface area contributed by atoms with E-state index in [0.717, 1.165) is 17.1 Å². The van der Waals surface area contributed by atoms with Crippen molar-refractivity contribution in [3.05, 3.63) is 52.8 Å². The Hall–Kier alpha value is -2.96. The Balaban J connectivity index is 1.86. The van der Waals surface area contributed by atoms with Gasteiger partial charge in [0.25, 0.3) is 5.69 Å². The Morgan fingerprint density at radius 1 is 1.25 bits per heavy atom. The van der Waals surface area contributed by atoms with Crippen molar-refractivity contribution < 1.29 is 9.66 Å². The molecule has 2 heterocycles. The van der Waals surface area contributed by atoms with Gasteiger partial charge in [0, 0.05) is 24.6 Å². The summed E-state index contributed by atoms with van der Waals surface area (Å²) >= 11 is 0. The molecule has 3 rings (SSSR count). The number of nitrogens with zero attached hydrogens (tertiary/aromatic N) is 4. The summed E-state index contributed by atoms with van der Waals surface area (Å²) in [5.41, 5.74) is 0.925. The van der Waals surface area contributed by atoms with Crippen LogP contribution in [-0.4, -0.2) is 19.7 Å². The van der Waals surface area contributed by atoms with Gasteiger partial charge >= 0.3 is 0 Å². The van der Waals surface area contributed by atoms with E-state index >= 15 is 0 Å². The molecule has 0 saturated heterocycles. The fourth-order valence-electron chi connectivity index (χ4n) is 1.87. The number of benzene rings is 1. The number of aromatic nitrogens is 3. The van der Waals surface area contributed by atoms with Crippen LogP contribution in [0.3, 0.4) is 0 Å². The molecule has 20 heavy (non-hydrogen) atoms. The summed E-state index contributed by atoms with van der Waals surface area (Å²) in [5.74, 6) is 0.908. The molecule has 0 spiro atoms. The van der Waals surface area contributed by atoms with Gasteiger partial charge in [-0.2, -0.15) is 5.10 Å². The monoisotopic (exact) mass is 270 g/mol. The number of ether oxygens (including phenoxy) is 1. The van der Waals surface area contributed by atoms with Crippen molar-refractivity contribution in [3.63, 3.8) is 0 Å². The van der Waals surface area contributed by atoms with E-state index < -0.39 is 4.92 Å². The largest absolute Gasteiger partial charge is 0.439 e. The first kappa shape index (κ1) is 12.1. The summed E-state index contributed by atoms with van der Waals surface area (Å²) < 4.78 is 7.33. The highest BCUT2D eigenvalue weighted by Crippen LogP contribution is 2.25. The molecule has 0 aliphatic carbocycles. The standard InChI is InChI=1S/C13H10N4O3/c1-16-12-4-3-11(6-9(12)7-15-16)20-13-5-2-10(8-14-13)17(18)19/h2-8H,1H3. The maximum Gasteiger partial charge on any atom is 0.287 e. The fraction of sp³-hybridized carbons (Fsp3) is 0.0769. The van der Waals surface area contributed by atoms with Crippen LogP contribution in [0.15, 0.2) is 42.7 Å². The lowest BCUT2D eigenvalue weighted by atomic mass is 10.2. The van der Waals surface area contributed by atoms with Gasteiger partial charge in [-0.1, -0.05) is 0 Å². The van der Waals surface area contributed by atoms with Gasteiger partial charge in [0.05, 0.1) is 16.6 Å². The van der Waals surface area contributed by atoms with E-state index in [4.69, 9.17) is 4.74 Å². The zero-order valence-corrected chi connectivity index (χ0v) is 10.6. The quantitative estimate of drug-likeness (QED) is 0.539. The number of rotatable bonds is 3. The first-order valence-electron chi connectivity index (χ1n) is 5.83. The highest BCUT2D eigenvalue weighted by atomic mass is 16.6. The number of aryl methyl sites for hydroxylation is 1. The maximum atomic E-state index is 10.5. The molecule has 0 aliphatic heterocycles. The van der Waals surface area contributed by atoms with Crippen molar-refractivity contribution in [1.29, 1.82) is 0 Å². The first-order chi connectivity index (χ1) is 9.63. The summed E-state index contributed by atoms with van der Waals surface area (Å²) in [5, 5.41) is 15.6. The van der Waals surface area contributed by atoms with Crippen molar-refractivity contribution in [2.45, 2.75) is 0 Å². The molecule has 0 fully saturated rings. The Kier molecular flexibility index (Phi) is 2.79. The minimum absolute atomic E-state index is 0.0694. The first-order valence-corrected chi connectivity index (χ1v) is 5.83. The van der Waals surface area contributed by atoms with Crippen LogP contribution in [0.2, 0.25) is 0 Å². The maximum absolute atomic E-state index is 10.5. The zero-order valence-electron chi connectivity index (χ0n) is 10.6. The second kappa shape index (κ2) is 4.61. The predicted octanol–water partition coefficient (Wildman–Crippen LogP) is 2.67. The molecule has 3 aromatic rings. The van der Waals surface area contributed by atoms with E-state index in [9.17, 15) is 10.1 Å². The Morgan fingerprint density at radius 3 is 2.80 bits per heavy atom. The van der Waals surface area contributed by atoms with Crippen LogP contribution in [0.1, 0.15) is 0 Å². The molecular formula is C13H10N4O3. The fourth-order valence-corrected chi connectivity index (χ4v) is 1.87. The lowest BCUT2D eigenvalue weighted by Gasteiger charge is -2.04. The number of fused-ring (bicyclic) bond motifs is 1. The molecule has 0 saturated carbocycles. The normalized spacial score (nSPS) is 10.7. The van der Waals surface area contributed by atoms with Gasteiger partial charge in [0.15, 0.2) is 0 Å². The van der Waals surface area contributed by atoms with Crippen LogP contribution in [0.5, 0.6) is 11.6 Å². The molecule has 0 N–H and O–H groups in total. The average molecular weight is 270 g/mol. The topological polar surface area (TPSA) is 83.1 Å². The second-order valence-electron chi connectivity index (χ2n) is 4.20. The smallest absolute Gasteiger partial charge is 0.287 e. The van der Waals surface area contributed by atoms with Crippen LogP contribution in [0.4, 0.5) is 5.69 Å². The second-order valence-corrected chi connectivity index (χ2v) is 4.20. The van der Waals surface area contributed by atoms with Crippen LogP contribution >= 0.6 is 0 Å². The highest BCUT2D eigenvalue weighted by Gasteiger charge is 2.07. The molecule has 0 aliphatic rings. The summed E-state index contributed by atoms with van der Waals surface area (Å²) in [6, 6.07) is 8.35. The third-order valence-electron chi connectivity index (χ3n) is 2.87. The van der Waals surface area contributed by atoms with E-state index in [0.29, 0.717) is 11.6 Å². The number of hydrogen-bond donors (Lipinski definition) is 0. The minimum atomic E-state index is -0.502. The molecule has 0 bridgehead atoms. The molecule has 1 aromatic carbocycles. The number of pyridine rings is 1. The predicted molar refractivity (Wildman–Crippen MR) is 71.7 cm³/mol. The molecular weight excluding hydrogens is 260 g/mol. The molecule has 7 nitrogen and oxygen atoms in total. The van der Waals surface area contributed by atoms with Gasteiger partial charge in [0.2, 0.25) is 5.88 Å². The Bertz CT molecular complexity index is 780. The van der Waals surface area contributed by atoms with Crippen molar-refractivity contribution in [1.82, 2.24) is 14.8 Å². The summed E-state index contributed by atoms with van der Waals surface area (Å²) in [6.45, 7) is 0. The van der Waals surface area contributed by atoms with E-state index in [1.165, 1.54) is 12.1 Å². The molecule has 7 heteroatoms. The van der Waals surface area contributed by atoms with Gasteiger partial charge in [-0.05, 0) is 18.2 Å². The third kappa shape index (κ3) is 2.16. The van der Waals surface area contributed by atoms with Gasteiger partial charge in [-0.25, -0.2) is 4.98 Å². The lowest BCUT2D eigenvalue weighted by Crippen LogP contribution is -1.92. The van der Waals surface area contributed by atoms with Crippen LogP contribution in [-0.2, 0) is 7.05 Å². The third-order valence-corrected chi connectivity index (χ3v) is 2.87. The van der Waals surface area contributed by atoms with E-state index in [-0.39, 0.29) is 5.69 Å². The van der Waals surface area contributed by atoms with Gasteiger partial charge in [0.1, 0.15) is 11.9 Å². The average Bonchev–Trinajstić information content (AvgIpc) is 2.81. The van der Waals surface area contributed by atoms with E-state index in [2.05, 4.69) is 10.1 Å². The molecule has 0 radical (unpaired) electrons. The number of nitro groups is 1. The lowest BCUT2D eigenvalue weighted by molar-refractivity contribution is -0.385. The molecule has 0 atom stereocenters. The van der Waals surface area contributed by atoms with E-state index in [1.54, 1.807) is 16.9 Å². The summed E-state index contributed by atoms with van der Waals surface area (Å²) in [6.07, 6.45) is 2.91. The van der Waals surface area contributed by atoms with Crippen LogP contribution in [0.25, 0.3) is 10.9 Å². The van der Waals surface area contributed by atoms with Crippen molar-refractivity contribution in [3.8, 4) is 11.6 Å². The number of hydrogen-bond acceptors (Lipinski definition) is 5. The SMILES string of the molecule is Cn1ncc2cc(Oc3ccc([N+](=O)[O-])cn3)ccc21. The van der Waals surface area contributed by atoms with Gasteiger partial charge in [-0.15, -0.1) is 0 Å². The molecule has 0 unspecified atom stereocenters. The van der Waals surface area contributed by atoms with Gasteiger partial charge in [-0.3, -0.25) is 14.8 Å². The summed E-state index contributed by atoms with van der Waals surface area (Å²) in [4.78, 5) is 13.9. The van der Waals surface area contributed by atoms with Crippen LogP contribution in [0, 0.1) is 10.1 Å². The molecule has 100 valence electrons.